The zero-order valence-electron chi connectivity index (χ0n) is 13.7. The molecule has 0 amide bonds. The molecule has 0 aliphatic carbocycles. The SMILES string of the molecule is Cc1nccc(N2CCC[C@H]2c2ncc(Cc3ccccc3)o2)n1. The summed E-state index contributed by atoms with van der Waals surface area (Å²) in [5.41, 5.74) is 1.23. The van der Waals surface area contributed by atoms with Gasteiger partial charge in [-0.25, -0.2) is 15.0 Å². The lowest BCUT2D eigenvalue weighted by Gasteiger charge is -2.23. The molecule has 1 aromatic carbocycles. The van der Waals surface area contributed by atoms with Gasteiger partial charge in [-0.3, -0.25) is 0 Å². The van der Waals surface area contributed by atoms with Gasteiger partial charge >= 0.3 is 0 Å². The fourth-order valence-corrected chi connectivity index (χ4v) is 3.26. The summed E-state index contributed by atoms with van der Waals surface area (Å²) in [6.45, 7) is 2.88. The van der Waals surface area contributed by atoms with Gasteiger partial charge in [0.2, 0.25) is 5.89 Å². The number of aryl methyl sites for hydroxylation is 1. The van der Waals surface area contributed by atoms with Gasteiger partial charge in [-0.1, -0.05) is 30.3 Å². The van der Waals surface area contributed by atoms with Crippen molar-refractivity contribution in [3.63, 3.8) is 0 Å². The third-order valence-corrected chi connectivity index (χ3v) is 4.39. The van der Waals surface area contributed by atoms with E-state index in [9.17, 15) is 0 Å². The van der Waals surface area contributed by atoms with Gasteiger partial charge in [-0.2, -0.15) is 0 Å². The van der Waals surface area contributed by atoms with Gasteiger partial charge in [-0.05, 0) is 31.4 Å². The van der Waals surface area contributed by atoms with Gasteiger partial charge in [0.1, 0.15) is 23.4 Å². The highest BCUT2D eigenvalue weighted by Gasteiger charge is 2.31. The van der Waals surface area contributed by atoms with Crippen molar-refractivity contribution in [1.29, 1.82) is 0 Å². The van der Waals surface area contributed by atoms with E-state index in [1.165, 1.54) is 5.56 Å². The molecule has 0 spiro atoms. The molecular formula is C19H20N4O. The highest BCUT2D eigenvalue weighted by molar-refractivity contribution is 5.41. The fraction of sp³-hybridized carbons (Fsp3) is 0.316. The molecule has 0 radical (unpaired) electrons. The predicted molar refractivity (Wildman–Crippen MR) is 91.8 cm³/mol. The normalized spacial score (nSPS) is 17.4. The molecule has 1 aliphatic heterocycles. The van der Waals surface area contributed by atoms with Crippen LogP contribution in [0.1, 0.15) is 41.9 Å². The zero-order chi connectivity index (χ0) is 16.4. The van der Waals surface area contributed by atoms with E-state index < -0.39 is 0 Å². The Morgan fingerprint density at radius 2 is 2.04 bits per heavy atom. The number of aromatic nitrogens is 3. The molecular weight excluding hydrogens is 300 g/mol. The molecule has 0 unspecified atom stereocenters. The van der Waals surface area contributed by atoms with E-state index in [4.69, 9.17) is 4.42 Å². The van der Waals surface area contributed by atoms with E-state index in [0.717, 1.165) is 49.1 Å². The lowest BCUT2D eigenvalue weighted by molar-refractivity contribution is 0.424. The molecule has 5 nitrogen and oxygen atoms in total. The number of benzene rings is 1. The van der Waals surface area contributed by atoms with E-state index in [1.807, 2.05) is 43.6 Å². The summed E-state index contributed by atoms with van der Waals surface area (Å²) in [6, 6.07) is 12.4. The Morgan fingerprint density at radius 3 is 2.88 bits per heavy atom. The molecule has 5 heteroatoms. The summed E-state index contributed by atoms with van der Waals surface area (Å²) < 4.78 is 6.06. The van der Waals surface area contributed by atoms with E-state index >= 15 is 0 Å². The van der Waals surface area contributed by atoms with Crippen molar-refractivity contribution in [3.05, 3.63) is 71.8 Å². The number of oxazole rings is 1. The van der Waals surface area contributed by atoms with E-state index in [2.05, 4.69) is 32.0 Å². The number of anilines is 1. The summed E-state index contributed by atoms with van der Waals surface area (Å²) in [4.78, 5) is 15.5. The van der Waals surface area contributed by atoms with E-state index in [1.54, 1.807) is 0 Å². The van der Waals surface area contributed by atoms with Crippen molar-refractivity contribution < 1.29 is 4.42 Å². The van der Waals surface area contributed by atoms with Gasteiger partial charge in [-0.15, -0.1) is 0 Å². The Bertz CT molecular complexity index is 815. The average molecular weight is 320 g/mol. The van der Waals surface area contributed by atoms with Crippen LogP contribution in [0.3, 0.4) is 0 Å². The highest BCUT2D eigenvalue weighted by Crippen LogP contribution is 2.34. The van der Waals surface area contributed by atoms with Crippen molar-refractivity contribution in [1.82, 2.24) is 15.0 Å². The molecule has 24 heavy (non-hydrogen) atoms. The minimum absolute atomic E-state index is 0.156. The summed E-state index contributed by atoms with van der Waals surface area (Å²) in [5, 5.41) is 0. The van der Waals surface area contributed by atoms with E-state index in [0.29, 0.717) is 0 Å². The van der Waals surface area contributed by atoms with Crippen LogP contribution in [0.15, 0.2) is 53.2 Å². The monoisotopic (exact) mass is 320 g/mol. The van der Waals surface area contributed by atoms with Crippen LogP contribution in [0, 0.1) is 6.92 Å². The maximum absolute atomic E-state index is 6.06. The summed E-state index contributed by atoms with van der Waals surface area (Å²) in [6.07, 6.45) is 6.58. The van der Waals surface area contributed by atoms with Gasteiger partial charge in [0.15, 0.2) is 0 Å². The first-order valence-electron chi connectivity index (χ1n) is 8.34. The minimum Gasteiger partial charge on any atom is -0.443 e. The molecule has 1 fully saturated rings. The quantitative estimate of drug-likeness (QED) is 0.733. The third-order valence-electron chi connectivity index (χ3n) is 4.39. The number of rotatable bonds is 4. The summed E-state index contributed by atoms with van der Waals surface area (Å²) in [7, 11) is 0. The van der Waals surface area contributed by atoms with Crippen LogP contribution < -0.4 is 4.90 Å². The standard InChI is InChI=1S/C19H20N4O/c1-14-20-10-9-18(22-14)23-11-5-8-17(23)19-21-13-16(24-19)12-15-6-3-2-4-7-15/h2-4,6-7,9-10,13,17H,5,8,11-12H2,1H3/t17-/m0/s1. The van der Waals surface area contributed by atoms with Crippen LogP contribution in [0.25, 0.3) is 0 Å². The lowest BCUT2D eigenvalue weighted by Crippen LogP contribution is -2.24. The first-order chi connectivity index (χ1) is 11.8. The van der Waals surface area contributed by atoms with Crippen molar-refractivity contribution >= 4 is 5.82 Å². The smallest absolute Gasteiger partial charge is 0.217 e. The Labute approximate surface area is 141 Å². The van der Waals surface area contributed by atoms with Gasteiger partial charge in [0.05, 0.1) is 6.20 Å². The second kappa shape index (κ2) is 6.43. The lowest BCUT2D eigenvalue weighted by atomic mass is 10.1. The van der Waals surface area contributed by atoms with Crippen molar-refractivity contribution in [3.8, 4) is 0 Å². The van der Waals surface area contributed by atoms with E-state index in [-0.39, 0.29) is 6.04 Å². The molecule has 0 saturated carbocycles. The molecule has 1 aliphatic rings. The Balaban J connectivity index is 1.55. The maximum atomic E-state index is 6.06. The van der Waals surface area contributed by atoms with Crippen LogP contribution in [-0.4, -0.2) is 21.5 Å². The Kier molecular flexibility index (Phi) is 3.99. The number of nitrogens with zero attached hydrogens (tertiary/aromatic N) is 4. The molecule has 3 aromatic rings. The first kappa shape index (κ1) is 14.9. The number of hydrogen-bond acceptors (Lipinski definition) is 5. The van der Waals surface area contributed by atoms with Gasteiger partial charge < -0.3 is 9.32 Å². The van der Waals surface area contributed by atoms with Gasteiger partial charge in [0, 0.05) is 19.2 Å². The average Bonchev–Trinajstić information content (AvgIpc) is 3.24. The molecule has 1 saturated heterocycles. The van der Waals surface area contributed by atoms with Crippen LogP contribution >= 0.6 is 0 Å². The second-order valence-electron chi connectivity index (χ2n) is 6.14. The summed E-state index contributed by atoms with van der Waals surface area (Å²) >= 11 is 0. The van der Waals surface area contributed by atoms with Gasteiger partial charge in [0.25, 0.3) is 0 Å². The van der Waals surface area contributed by atoms with Crippen molar-refractivity contribution in [2.75, 3.05) is 11.4 Å². The van der Waals surface area contributed by atoms with Crippen LogP contribution in [0.2, 0.25) is 0 Å². The van der Waals surface area contributed by atoms with Crippen molar-refractivity contribution in [2.24, 2.45) is 0 Å². The largest absolute Gasteiger partial charge is 0.443 e. The molecule has 3 heterocycles. The minimum atomic E-state index is 0.156. The zero-order valence-corrected chi connectivity index (χ0v) is 13.7. The van der Waals surface area contributed by atoms with Crippen LogP contribution in [-0.2, 0) is 6.42 Å². The van der Waals surface area contributed by atoms with Crippen LogP contribution in [0.5, 0.6) is 0 Å². The summed E-state index contributed by atoms with van der Waals surface area (Å²) in [5.74, 6) is 3.43. The third kappa shape index (κ3) is 3.02. The van der Waals surface area contributed by atoms with Crippen LogP contribution in [0.4, 0.5) is 5.82 Å². The Hall–Kier alpha value is -2.69. The highest BCUT2D eigenvalue weighted by atomic mass is 16.4. The predicted octanol–water partition coefficient (Wildman–Crippen LogP) is 3.71. The Morgan fingerprint density at radius 1 is 1.17 bits per heavy atom. The first-order valence-corrected chi connectivity index (χ1v) is 8.34. The van der Waals surface area contributed by atoms with Crippen molar-refractivity contribution in [2.45, 2.75) is 32.2 Å². The second-order valence-corrected chi connectivity index (χ2v) is 6.14. The number of hydrogen-bond donors (Lipinski definition) is 0. The molecule has 2 aromatic heterocycles. The molecule has 0 bridgehead atoms. The maximum Gasteiger partial charge on any atom is 0.217 e. The molecule has 0 N–H and O–H groups in total. The molecule has 1 atom stereocenters. The topological polar surface area (TPSA) is 55.1 Å². The fourth-order valence-electron chi connectivity index (χ4n) is 3.26. The molecule has 122 valence electrons. The molecule has 4 rings (SSSR count).